The fourth-order valence-corrected chi connectivity index (χ4v) is 5.23. The van der Waals surface area contributed by atoms with Crippen molar-refractivity contribution in [2.45, 2.75) is 27.3 Å². The minimum Gasteiger partial charge on any atom is -0.341 e. The standard InChI is InChI=1S/C32H28N2O2/c1-5-33-28(26-14-10-13-25-22(3)17-20-30(33)32(25)26)16-8-6-7-11-21(2)24-12-9-15-27-29(34(35)36)19-18-23(4)31(24)27/h6-20H,2,5H2,1,3-4H3/b8-6+,11-7+,28-16-. The van der Waals surface area contributed by atoms with Crippen LogP contribution in [0.15, 0.2) is 91.5 Å². The smallest absolute Gasteiger partial charge is 0.277 e. The molecule has 0 aliphatic carbocycles. The van der Waals surface area contributed by atoms with E-state index in [9.17, 15) is 10.1 Å². The Balaban J connectivity index is 1.49. The second-order valence-electron chi connectivity index (χ2n) is 9.08. The van der Waals surface area contributed by atoms with Gasteiger partial charge in [-0.3, -0.25) is 10.1 Å². The van der Waals surface area contributed by atoms with Crippen LogP contribution in [-0.2, 0) is 6.54 Å². The Bertz CT molecular complexity index is 1780. The van der Waals surface area contributed by atoms with Crippen LogP contribution in [0, 0.1) is 24.0 Å². The first kappa shape index (κ1) is 23.3. The van der Waals surface area contributed by atoms with Crippen molar-refractivity contribution in [3.63, 3.8) is 0 Å². The van der Waals surface area contributed by atoms with Gasteiger partial charge in [0.05, 0.1) is 10.3 Å². The van der Waals surface area contributed by atoms with Gasteiger partial charge in [-0.2, -0.15) is 0 Å². The summed E-state index contributed by atoms with van der Waals surface area (Å²) >= 11 is 0. The van der Waals surface area contributed by atoms with E-state index in [-0.39, 0.29) is 10.6 Å². The van der Waals surface area contributed by atoms with Gasteiger partial charge in [0.1, 0.15) is 0 Å². The van der Waals surface area contributed by atoms with E-state index < -0.39 is 0 Å². The first-order chi connectivity index (χ1) is 17.4. The van der Waals surface area contributed by atoms with Crippen molar-refractivity contribution in [3.05, 3.63) is 124 Å². The van der Waals surface area contributed by atoms with Crippen LogP contribution >= 0.6 is 0 Å². The molecule has 1 aromatic heterocycles. The predicted octanol–water partition coefficient (Wildman–Crippen LogP) is 7.82. The number of aryl methyl sites for hydroxylation is 3. The third-order valence-corrected chi connectivity index (χ3v) is 6.95. The zero-order valence-corrected chi connectivity index (χ0v) is 20.8. The van der Waals surface area contributed by atoms with E-state index in [1.807, 2.05) is 37.3 Å². The lowest BCUT2D eigenvalue weighted by molar-refractivity contribution is -0.383. The minimum absolute atomic E-state index is 0.115. The molecule has 0 saturated heterocycles. The van der Waals surface area contributed by atoms with Gasteiger partial charge in [-0.25, -0.2) is 0 Å². The largest absolute Gasteiger partial charge is 0.341 e. The average molecular weight is 473 g/mol. The van der Waals surface area contributed by atoms with E-state index in [2.05, 4.69) is 67.5 Å². The topological polar surface area (TPSA) is 48.1 Å². The van der Waals surface area contributed by atoms with Crippen LogP contribution in [0.25, 0.3) is 44.1 Å². The van der Waals surface area contributed by atoms with Crippen molar-refractivity contribution < 1.29 is 4.92 Å². The Morgan fingerprint density at radius 1 is 0.889 bits per heavy atom. The highest BCUT2D eigenvalue weighted by Crippen LogP contribution is 2.33. The Labute approximate surface area is 210 Å². The van der Waals surface area contributed by atoms with E-state index in [0.717, 1.165) is 28.6 Å². The van der Waals surface area contributed by atoms with Gasteiger partial charge in [-0.05, 0) is 72.0 Å². The van der Waals surface area contributed by atoms with Gasteiger partial charge >= 0.3 is 0 Å². The summed E-state index contributed by atoms with van der Waals surface area (Å²) in [5.41, 5.74) is 5.37. The van der Waals surface area contributed by atoms with Gasteiger partial charge in [0.25, 0.3) is 5.69 Å². The van der Waals surface area contributed by atoms with E-state index >= 15 is 0 Å². The highest BCUT2D eigenvalue weighted by molar-refractivity contribution is 6.11. The summed E-state index contributed by atoms with van der Waals surface area (Å²) in [6.45, 7) is 11.4. The number of non-ortho nitro benzene ring substituents is 1. The molecular weight excluding hydrogens is 444 g/mol. The molecule has 4 heteroatoms. The second-order valence-corrected chi connectivity index (χ2v) is 9.08. The molecule has 4 nitrogen and oxygen atoms in total. The molecule has 0 N–H and O–H groups in total. The number of fused-ring (bicyclic) bond motifs is 1. The molecule has 36 heavy (non-hydrogen) atoms. The van der Waals surface area contributed by atoms with Gasteiger partial charge in [0.2, 0.25) is 0 Å². The van der Waals surface area contributed by atoms with E-state index in [0.29, 0.717) is 5.39 Å². The molecule has 0 spiro atoms. The van der Waals surface area contributed by atoms with E-state index in [1.54, 1.807) is 18.2 Å². The molecule has 0 unspecified atom stereocenters. The van der Waals surface area contributed by atoms with E-state index in [4.69, 9.17) is 0 Å². The summed E-state index contributed by atoms with van der Waals surface area (Å²) < 4.78 is 2.36. The molecule has 0 fully saturated rings. The maximum Gasteiger partial charge on any atom is 0.277 e. The van der Waals surface area contributed by atoms with Crippen LogP contribution in [0.1, 0.15) is 23.6 Å². The molecule has 5 aromatic rings. The Kier molecular flexibility index (Phi) is 6.03. The molecule has 0 atom stereocenters. The van der Waals surface area contributed by atoms with Crippen molar-refractivity contribution >= 4 is 49.8 Å². The fourth-order valence-electron chi connectivity index (χ4n) is 5.23. The van der Waals surface area contributed by atoms with Crippen molar-refractivity contribution in [1.29, 1.82) is 0 Å². The number of hydrogen-bond acceptors (Lipinski definition) is 2. The summed E-state index contributed by atoms with van der Waals surface area (Å²) in [4.78, 5) is 11.2. The summed E-state index contributed by atoms with van der Waals surface area (Å²) in [5.74, 6) is 0. The minimum atomic E-state index is -0.330. The molecule has 4 aromatic carbocycles. The molecule has 0 amide bonds. The molecule has 5 rings (SSSR count). The van der Waals surface area contributed by atoms with Gasteiger partial charge < -0.3 is 4.57 Å². The van der Waals surface area contributed by atoms with E-state index in [1.165, 1.54) is 32.6 Å². The summed E-state index contributed by atoms with van der Waals surface area (Å²) in [7, 11) is 0. The zero-order chi connectivity index (χ0) is 25.4. The van der Waals surface area contributed by atoms with Crippen LogP contribution in [-0.4, -0.2) is 9.49 Å². The van der Waals surface area contributed by atoms with Crippen LogP contribution in [0.5, 0.6) is 0 Å². The number of benzene rings is 4. The quantitative estimate of drug-likeness (QED) is 0.144. The molecular formula is C32H28N2O2. The first-order valence-electron chi connectivity index (χ1n) is 12.1. The molecule has 0 radical (unpaired) electrons. The monoisotopic (exact) mass is 472 g/mol. The van der Waals surface area contributed by atoms with Crippen LogP contribution in [0.2, 0.25) is 0 Å². The molecule has 0 aliphatic heterocycles. The second kappa shape index (κ2) is 9.31. The third-order valence-electron chi connectivity index (χ3n) is 6.95. The number of hydrogen-bond donors (Lipinski definition) is 0. The lowest BCUT2D eigenvalue weighted by Crippen LogP contribution is -2.14. The Hall–Kier alpha value is -4.44. The fraction of sp³-hybridized carbons (Fsp3) is 0.125. The number of allylic oxidation sites excluding steroid dienone is 5. The lowest BCUT2D eigenvalue weighted by atomic mass is 9.94. The normalized spacial score (nSPS) is 12.7. The lowest BCUT2D eigenvalue weighted by Gasteiger charge is -2.09. The van der Waals surface area contributed by atoms with Crippen LogP contribution in [0.3, 0.4) is 0 Å². The third kappa shape index (κ3) is 3.81. The number of nitro benzene ring substituents is 1. The molecule has 0 aliphatic rings. The zero-order valence-electron chi connectivity index (χ0n) is 20.8. The van der Waals surface area contributed by atoms with Crippen molar-refractivity contribution in [2.24, 2.45) is 0 Å². The number of rotatable bonds is 6. The average Bonchev–Trinajstić information content (AvgIpc) is 3.19. The maximum absolute atomic E-state index is 11.5. The van der Waals surface area contributed by atoms with Crippen molar-refractivity contribution in [1.82, 2.24) is 4.57 Å². The highest BCUT2D eigenvalue weighted by Gasteiger charge is 2.15. The van der Waals surface area contributed by atoms with Crippen molar-refractivity contribution in [3.8, 4) is 0 Å². The Morgan fingerprint density at radius 3 is 2.39 bits per heavy atom. The van der Waals surface area contributed by atoms with Gasteiger partial charge in [0.15, 0.2) is 0 Å². The number of nitro groups is 1. The molecule has 0 bridgehead atoms. The molecule has 0 saturated carbocycles. The molecule has 178 valence electrons. The first-order valence-corrected chi connectivity index (χ1v) is 12.1. The van der Waals surface area contributed by atoms with Crippen molar-refractivity contribution in [2.75, 3.05) is 0 Å². The summed E-state index contributed by atoms with van der Waals surface area (Å²) in [5, 5.41) is 18.1. The van der Waals surface area contributed by atoms with Crippen LogP contribution in [0.4, 0.5) is 5.69 Å². The number of aromatic nitrogens is 1. The van der Waals surface area contributed by atoms with Gasteiger partial charge in [-0.15, -0.1) is 0 Å². The highest BCUT2D eigenvalue weighted by atomic mass is 16.6. The van der Waals surface area contributed by atoms with Crippen LogP contribution < -0.4 is 5.35 Å². The maximum atomic E-state index is 11.5. The predicted molar refractivity (Wildman–Crippen MR) is 152 cm³/mol. The SMILES string of the molecule is C=C(/C=C/C=C/C=c1/c2cccc3c(C)ccc(c32)n1CC)c1cccc2c([N+](=O)[O-])ccc(C)c12. The summed E-state index contributed by atoms with van der Waals surface area (Å²) in [6, 6.07) is 19.9. The van der Waals surface area contributed by atoms with Gasteiger partial charge in [0, 0.05) is 34.2 Å². The number of nitrogens with zero attached hydrogens (tertiary/aromatic N) is 2. The Morgan fingerprint density at radius 2 is 1.61 bits per heavy atom. The summed E-state index contributed by atoms with van der Waals surface area (Å²) in [6.07, 6.45) is 10.1. The van der Waals surface area contributed by atoms with Gasteiger partial charge in [-0.1, -0.05) is 73.3 Å². The molecule has 1 heterocycles.